The van der Waals surface area contributed by atoms with E-state index in [0.717, 1.165) is 6.42 Å². The lowest BCUT2D eigenvalue weighted by Gasteiger charge is -2.06. The summed E-state index contributed by atoms with van der Waals surface area (Å²) in [4.78, 5) is 23.8. The van der Waals surface area contributed by atoms with Crippen molar-refractivity contribution >= 4 is 29.9 Å². The zero-order valence-electron chi connectivity index (χ0n) is 12.8. The van der Waals surface area contributed by atoms with E-state index in [0.29, 0.717) is 29.1 Å². The molecule has 0 aliphatic rings. The van der Waals surface area contributed by atoms with Gasteiger partial charge in [0.15, 0.2) is 0 Å². The number of rotatable bonds is 6. The van der Waals surface area contributed by atoms with Gasteiger partial charge in [0.05, 0.1) is 12.1 Å². The summed E-state index contributed by atoms with van der Waals surface area (Å²) in [7, 11) is 0. The molecule has 1 heterocycles. The smallest absolute Gasteiger partial charge is 0.258 e. The van der Waals surface area contributed by atoms with Gasteiger partial charge in [-0.15, -0.1) is 12.4 Å². The lowest BCUT2D eigenvalue weighted by Crippen LogP contribution is -2.23. The Morgan fingerprint density at radius 2 is 1.83 bits per heavy atom. The second-order valence-electron chi connectivity index (χ2n) is 4.79. The van der Waals surface area contributed by atoms with Crippen LogP contribution in [0.25, 0.3) is 0 Å². The largest absolute Gasteiger partial charge is 0.467 e. The number of carbonyl (C=O) groups is 2. The quantitative estimate of drug-likeness (QED) is 0.754. The summed E-state index contributed by atoms with van der Waals surface area (Å²) < 4.78 is 5.12. The molecule has 0 atom stereocenters. The number of nitrogens with one attached hydrogen (secondary N) is 2. The van der Waals surface area contributed by atoms with Crippen molar-refractivity contribution in [3.05, 3.63) is 53.5 Å². The molecule has 0 saturated heterocycles. The Balaban J connectivity index is 0.00000264. The highest BCUT2D eigenvalue weighted by Gasteiger charge is 2.10. The van der Waals surface area contributed by atoms with Crippen molar-refractivity contribution in [2.24, 2.45) is 5.73 Å². The molecule has 1 aromatic carbocycles. The number of halogens is 1. The normalized spacial score (nSPS) is 9.83. The van der Waals surface area contributed by atoms with Gasteiger partial charge in [-0.25, -0.2) is 0 Å². The van der Waals surface area contributed by atoms with E-state index in [9.17, 15) is 9.59 Å². The van der Waals surface area contributed by atoms with Crippen LogP contribution in [0.5, 0.6) is 0 Å². The molecule has 0 radical (unpaired) electrons. The second-order valence-corrected chi connectivity index (χ2v) is 4.79. The SMILES string of the molecule is CCCNC(=O)c1ccc(NC(=O)c2coc(CN)c2)cc1.Cl. The van der Waals surface area contributed by atoms with Gasteiger partial charge < -0.3 is 20.8 Å². The van der Waals surface area contributed by atoms with Gasteiger partial charge in [-0.05, 0) is 36.8 Å². The fourth-order valence-corrected chi connectivity index (χ4v) is 1.86. The van der Waals surface area contributed by atoms with Crippen LogP contribution in [0.2, 0.25) is 0 Å². The number of benzene rings is 1. The van der Waals surface area contributed by atoms with E-state index >= 15 is 0 Å². The molecule has 7 heteroatoms. The van der Waals surface area contributed by atoms with Crippen LogP contribution in [0.4, 0.5) is 5.69 Å². The third kappa shape index (κ3) is 5.12. The van der Waals surface area contributed by atoms with Gasteiger partial charge in [-0.2, -0.15) is 0 Å². The van der Waals surface area contributed by atoms with Gasteiger partial charge in [-0.3, -0.25) is 9.59 Å². The van der Waals surface area contributed by atoms with Crippen molar-refractivity contribution in [3.63, 3.8) is 0 Å². The Labute approximate surface area is 140 Å². The van der Waals surface area contributed by atoms with E-state index in [1.54, 1.807) is 30.3 Å². The first-order valence-electron chi connectivity index (χ1n) is 7.11. The van der Waals surface area contributed by atoms with Crippen LogP contribution in [0.1, 0.15) is 39.8 Å². The van der Waals surface area contributed by atoms with Crippen LogP contribution in [-0.2, 0) is 6.54 Å². The minimum absolute atomic E-state index is 0. The molecule has 0 spiro atoms. The Bertz CT molecular complexity index is 653. The van der Waals surface area contributed by atoms with E-state index in [-0.39, 0.29) is 30.8 Å². The molecule has 0 bridgehead atoms. The lowest BCUT2D eigenvalue weighted by atomic mass is 10.2. The Morgan fingerprint density at radius 3 is 2.39 bits per heavy atom. The lowest BCUT2D eigenvalue weighted by molar-refractivity contribution is 0.0953. The standard InChI is InChI=1S/C16H19N3O3.ClH/c1-2-7-18-15(20)11-3-5-13(6-4-11)19-16(21)12-8-14(9-17)22-10-12;/h3-6,8,10H,2,7,9,17H2,1H3,(H,18,20)(H,19,21);1H. The summed E-state index contributed by atoms with van der Waals surface area (Å²) in [6, 6.07) is 8.30. The first kappa shape index (κ1) is 18.7. The minimum Gasteiger partial charge on any atom is -0.467 e. The maximum Gasteiger partial charge on any atom is 0.258 e. The van der Waals surface area contributed by atoms with Crippen molar-refractivity contribution in [2.75, 3.05) is 11.9 Å². The molecule has 4 N–H and O–H groups in total. The highest BCUT2D eigenvalue weighted by Crippen LogP contribution is 2.13. The molecular weight excluding hydrogens is 318 g/mol. The highest BCUT2D eigenvalue weighted by molar-refractivity contribution is 6.04. The van der Waals surface area contributed by atoms with Crippen molar-refractivity contribution < 1.29 is 14.0 Å². The Morgan fingerprint density at radius 1 is 1.13 bits per heavy atom. The highest BCUT2D eigenvalue weighted by atomic mass is 35.5. The van der Waals surface area contributed by atoms with Crippen LogP contribution >= 0.6 is 12.4 Å². The average Bonchev–Trinajstić information content (AvgIpc) is 3.02. The van der Waals surface area contributed by atoms with E-state index in [2.05, 4.69) is 10.6 Å². The van der Waals surface area contributed by atoms with Crippen LogP contribution in [0.15, 0.2) is 41.0 Å². The van der Waals surface area contributed by atoms with Crippen molar-refractivity contribution in [1.29, 1.82) is 0 Å². The zero-order valence-corrected chi connectivity index (χ0v) is 13.6. The molecular formula is C16H20ClN3O3. The summed E-state index contributed by atoms with van der Waals surface area (Å²) in [6.07, 6.45) is 2.25. The average molecular weight is 338 g/mol. The molecule has 0 unspecified atom stereocenters. The fourth-order valence-electron chi connectivity index (χ4n) is 1.86. The molecule has 0 fully saturated rings. The monoisotopic (exact) mass is 337 g/mol. The Hall–Kier alpha value is -2.31. The summed E-state index contributed by atoms with van der Waals surface area (Å²) in [6.45, 7) is 2.88. The second kappa shape index (κ2) is 8.97. The molecule has 0 aliphatic heterocycles. The van der Waals surface area contributed by atoms with E-state index in [1.807, 2.05) is 6.92 Å². The van der Waals surface area contributed by atoms with Gasteiger partial charge in [0.25, 0.3) is 11.8 Å². The van der Waals surface area contributed by atoms with Gasteiger partial charge in [0, 0.05) is 17.8 Å². The van der Waals surface area contributed by atoms with Gasteiger partial charge in [0.2, 0.25) is 0 Å². The van der Waals surface area contributed by atoms with Crippen molar-refractivity contribution in [1.82, 2.24) is 5.32 Å². The molecule has 23 heavy (non-hydrogen) atoms. The predicted octanol–water partition coefficient (Wildman–Crippen LogP) is 2.55. The summed E-state index contributed by atoms with van der Waals surface area (Å²) in [5.41, 5.74) is 7.00. The summed E-state index contributed by atoms with van der Waals surface area (Å²) in [5.74, 6) is 0.141. The number of nitrogens with two attached hydrogens (primary N) is 1. The minimum atomic E-state index is -0.286. The third-order valence-electron chi connectivity index (χ3n) is 3.06. The fraction of sp³-hybridized carbons (Fsp3) is 0.250. The van der Waals surface area contributed by atoms with E-state index in [4.69, 9.17) is 10.2 Å². The molecule has 2 amide bonds. The van der Waals surface area contributed by atoms with Crippen LogP contribution in [0.3, 0.4) is 0 Å². The number of hydrogen-bond donors (Lipinski definition) is 3. The van der Waals surface area contributed by atoms with Gasteiger partial charge in [-0.1, -0.05) is 6.92 Å². The topological polar surface area (TPSA) is 97.4 Å². The molecule has 2 aromatic rings. The van der Waals surface area contributed by atoms with Gasteiger partial charge >= 0.3 is 0 Å². The van der Waals surface area contributed by atoms with E-state index in [1.165, 1.54) is 6.26 Å². The number of amides is 2. The molecule has 2 rings (SSSR count). The number of anilines is 1. The first-order valence-corrected chi connectivity index (χ1v) is 7.11. The molecule has 0 saturated carbocycles. The maximum atomic E-state index is 12.0. The van der Waals surface area contributed by atoms with Crippen molar-refractivity contribution in [2.45, 2.75) is 19.9 Å². The third-order valence-corrected chi connectivity index (χ3v) is 3.06. The Kier molecular flexibility index (Phi) is 7.31. The number of furan rings is 1. The first-order chi connectivity index (χ1) is 10.6. The van der Waals surface area contributed by atoms with Crippen LogP contribution in [-0.4, -0.2) is 18.4 Å². The number of hydrogen-bond acceptors (Lipinski definition) is 4. The van der Waals surface area contributed by atoms with E-state index < -0.39 is 0 Å². The molecule has 0 aliphatic carbocycles. The molecule has 124 valence electrons. The summed E-state index contributed by atoms with van der Waals surface area (Å²) >= 11 is 0. The zero-order chi connectivity index (χ0) is 15.9. The molecule has 1 aromatic heterocycles. The maximum absolute atomic E-state index is 12.0. The number of carbonyl (C=O) groups excluding carboxylic acids is 2. The van der Waals surface area contributed by atoms with Crippen molar-refractivity contribution in [3.8, 4) is 0 Å². The van der Waals surface area contributed by atoms with Crippen LogP contribution in [0, 0.1) is 0 Å². The molecule has 6 nitrogen and oxygen atoms in total. The van der Waals surface area contributed by atoms with Crippen LogP contribution < -0.4 is 16.4 Å². The predicted molar refractivity (Wildman–Crippen MR) is 90.9 cm³/mol. The summed E-state index contributed by atoms with van der Waals surface area (Å²) in [5, 5.41) is 5.53. The van der Waals surface area contributed by atoms with Gasteiger partial charge in [0.1, 0.15) is 12.0 Å².